The van der Waals surface area contributed by atoms with Gasteiger partial charge in [-0.1, -0.05) is 23.2 Å². The summed E-state index contributed by atoms with van der Waals surface area (Å²) in [4.78, 5) is 23.4. The first-order valence-corrected chi connectivity index (χ1v) is 6.96. The third-order valence-corrected chi connectivity index (χ3v) is 3.74. The predicted molar refractivity (Wildman–Crippen MR) is 78.2 cm³/mol. The third-order valence-electron chi connectivity index (χ3n) is 3.18. The zero-order valence-electron chi connectivity index (χ0n) is 10.6. The van der Waals surface area contributed by atoms with E-state index in [1.165, 1.54) is 6.07 Å². The number of amides is 1. The fourth-order valence-corrected chi connectivity index (χ4v) is 2.52. The molecule has 1 aliphatic carbocycles. The van der Waals surface area contributed by atoms with E-state index < -0.39 is 11.9 Å². The number of carboxylic acid groups (broad SMARTS) is 1. The van der Waals surface area contributed by atoms with Crippen LogP contribution in [0, 0.1) is 0 Å². The van der Waals surface area contributed by atoms with Crippen molar-refractivity contribution in [3.8, 4) is 0 Å². The minimum absolute atomic E-state index is 0.187. The van der Waals surface area contributed by atoms with Gasteiger partial charge in [0.1, 0.15) is 0 Å². The summed E-state index contributed by atoms with van der Waals surface area (Å²) in [6, 6.07) is 4.72. The lowest BCUT2D eigenvalue weighted by atomic mass is 9.91. The molecule has 0 aromatic heterocycles. The maximum atomic E-state index is 12.2. The van der Waals surface area contributed by atoms with Gasteiger partial charge in [-0.05, 0) is 43.9 Å². The molecule has 0 spiro atoms. The van der Waals surface area contributed by atoms with Gasteiger partial charge in [-0.3, -0.25) is 4.79 Å². The molecule has 106 valence electrons. The van der Waals surface area contributed by atoms with Gasteiger partial charge in [0.2, 0.25) is 0 Å². The molecule has 0 heterocycles. The van der Waals surface area contributed by atoms with Crippen molar-refractivity contribution in [2.24, 2.45) is 0 Å². The number of benzene rings is 1. The van der Waals surface area contributed by atoms with E-state index in [1.54, 1.807) is 12.1 Å². The lowest BCUT2D eigenvalue weighted by Crippen LogP contribution is -2.21. The second-order valence-electron chi connectivity index (χ2n) is 4.55. The molecule has 0 radical (unpaired) electrons. The van der Waals surface area contributed by atoms with Crippen molar-refractivity contribution in [2.45, 2.75) is 25.7 Å². The summed E-state index contributed by atoms with van der Waals surface area (Å²) in [6.07, 6.45) is 2.48. The monoisotopic (exact) mass is 313 g/mol. The Bertz CT molecular complexity index is 596. The summed E-state index contributed by atoms with van der Waals surface area (Å²) in [5.41, 5.74) is 0.888. The first-order chi connectivity index (χ1) is 9.49. The highest BCUT2D eigenvalue weighted by Gasteiger charge is 2.23. The predicted octanol–water partition coefficient (Wildman–Crippen LogP) is 3.89. The van der Waals surface area contributed by atoms with Crippen molar-refractivity contribution in [3.63, 3.8) is 0 Å². The number of carboxylic acids is 1. The van der Waals surface area contributed by atoms with Crippen LogP contribution in [0.5, 0.6) is 0 Å². The van der Waals surface area contributed by atoms with Crippen molar-refractivity contribution >= 4 is 40.8 Å². The van der Waals surface area contributed by atoms with Crippen LogP contribution in [-0.4, -0.2) is 17.0 Å². The van der Waals surface area contributed by atoms with Gasteiger partial charge in [0, 0.05) is 16.2 Å². The Morgan fingerprint density at radius 1 is 1.10 bits per heavy atom. The Morgan fingerprint density at radius 3 is 2.40 bits per heavy atom. The van der Waals surface area contributed by atoms with Crippen molar-refractivity contribution < 1.29 is 14.7 Å². The summed E-state index contributed by atoms with van der Waals surface area (Å²) in [6.45, 7) is 0. The van der Waals surface area contributed by atoms with Gasteiger partial charge < -0.3 is 10.4 Å². The number of carbonyl (C=O) groups excluding carboxylic acids is 1. The number of rotatable bonds is 3. The molecule has 6 heteroatoms. The van der Waals surface area contributed by atoms with E-state index in [-0.39, 0.29) is 5.57 Å². The lowest BCUT2D eigenvalue weighted by molar-refractivity contribution is -0.133. The fourth-order valence-electron chi connectivity index (χ4n) is 2.18. The minimum Gasteiger partial charge on any atom is -0.478 e. The topological polar surface area (TPSA) is 66.4 Å². The Kier molecular flexibility index (Phi) is 4.68. The van der Waals surface area contributed by atoms with Crippen LogP contribution in [0.1, 0.15) is 25.7 Å². The van der Waals surface area contributed by atoms with Crippen molar-refractivity contribution in [1.29, 1.82) is 0 Å². The molecule has 1 aliphatic rings. The SMILES string of the molecule is O=C(O)C1=C(C(=O)Nc2cc(Cl)ccc2Cl)CCCC1. The number of carbonyl (C=O) groups is 2. The van der Waals surface area contributed by atoms with Crippen LogP contribution in [0.25, 0.3) is 0 Å². The molecule has 1 amide bonds. The average Bonchev–Trinajstić information content (AvgIpc) is 2.42. The van der Waals surface area contributed by atoms with Crippen LogP contribution < -0.4 is 5.32 Å². The van der Waals surface area contributed by atoms with Crippen molar-refractivity contribution in [2.75, 3.05) is 5.32 Å². The van der Waals surface area contributed by atoms with Gasteiger partial charge in [0.15, 0.2) is 0 Å². The standard InChI is InChI=1S/C14H13Cl2NO3/c15-8-5-6-11(16)12(7-8)17-13(18)9-3-1-2-4-10(9)14(19)20/h5-7H,1-4H2,(H,17,18)(H,19,20). The highest BCUT2D eigenvalue weighted by Crippen LogP contribution is 2.29. The molecule has 4 nitrogen and oxygen atoms in total. The summed E-state index contributed by atoms with van der Waals surface area (Å²) >= 11 is 11.8. The average molecular weight is 314 g/mol. The van der Waals surface area contributed by atoms with E-state index in [0.29, 0.717) is 34.1 Å². The summed E-state index contributed by atoms with van der Waals surface area (Å²) in [5.74, 6) is -1.46. The van der Waals surface area contributed by atoms with E-state index in [9.17, 15) is 9.59 Å². The first kappa shape index (κ1) is 14.9. The number of anilines is 1. The quantitative estimate of drug-likeness (QED) is 0.889. The van der Waals surface area contributed by atoms with Crippen LogP contribution in [-0.2, 0) is 9.59 Å². The fraction of sp³-hybridized carbons (Fsp3) is 0.286. The maximum Gasteiger partial charge on any atom is 0.332 e. The second kappa shape index (κ2) is 6.29. The van der Waals surface area contributed by atoms with Crippen LogP contribution in [0.3, 0.4) is 0 Å². The highest BCUT2D eigenvalue weighted by molar-refractivity contribution is 6.36. The van der Waals surface area contributed by atoms with Gasteiger partial charge in [-0.2, -0.15) is 0 Å². The van der Waals surface area contributed by atoms with Crippen LogP contribution >= 0.6 is 23.2 Å². The third kappa shape index (κ3) is 3.32. The largest absolute Gasteiger partial charge is 0.478 e. The van der Waals surface area contributed by atoms with Crippen LogP contribution in [0.2, 0.25) is 10.0 Å². The van der Waals surface area contributed by atoms with Gasteiger partial charge in [0.25, 0.3) is 5.91 Å². The number of halogens is 2. The molecule has 20 heavy (non-hydrogen) atoms. The normalized spacial score (nSPS) is 15.1. The Labute approximate surface area is 126 Å². The minimum atomic E-state index is -1.04. The molecule has 0 atom stereocenters. The molecule has 1 aromatic rings. The molecule has 2 rings (SSSR count). The second-order valence-corrected chi connectivity index (χ2v) is 5.39. The van der Waals surface area contributed by atoms with Crippen molar-refractivity contribution in [3.05, 3.63) is 39.4 Å². The van der Waals surface area contributed by atoms with E-state index >= 15 is 0 Å². The highest BCUT2D eigenvalue weighted by atomic mass is 35.5. The van der Waals surface area contributed by atoms with Crippen molar-refractivity contribution in [1.82, 2.24) is 0 Å². The molecule has 0 saturated carbocycles. The zero-order chi connectivity index (χ0) is 14.7. The van der Waals surface area contributed by atoms with E-state index in [0.717, 1.165) is 12.8 Å². The number of aliphatic carboxylic acids is 1. The molecule has 1 aromatic carbocycles. The number of nitrogens with one attached hydrogen (secondary N) is 1. The van der Waals surface area contributed by atoms with Gasteiger partial charge in [-0.15, -0.1) is 0 Å². The molecule has 0 unspecified atom stereocenters. The van der Waals surface area contributed by atoms with Gasteiger partial charge in [0.05, 0.1) is 10.7 Å². The summed E-state index contributed by atoms with van der Waals surface area (Å²) in [7, 11) is 0. The summed E-state index contributed by atoms with van der Waals surface area (Å²) in [5, 5.41) is 12.6. The molecule has 0 saturated heterocycles. The Balaban J connectivity index is 2.27. The molecular formula is C14H13Cl2NO3. The first-order valence-electron chi connectivity index (χ1n) is 6.20. The Hall–Kier alpha value is -1.52. The smallest absolute Gasteiger partial charge is 0.332 e. The van der Waals surface area contributed by atoms with E-state index in [4.69, 9.17) is 28.3 Å². The number of hydrogen-bond donors (Lipinski definition) is 2. The molecule has 0 aliphatic heterocycles. The number of hydrogen-bond acceptors (Lipinski definition) is 2. The zero-order valence-corrected chi connectivity index (χ0v) is 12.1. The Morgan fingerprint density at radius 2 is 1.75 bits per heavy atom. The van der Waals surface area contributed by atoms with Gasteiger partial charge >= 0.3 is 5.97 Å². The summed E-state index contributed by atoms with van der Waals surface area (Å²) < 4.78 is 0. The van der Waals surface area contributed by atoms with E-state index in [1.807, 2.05) is 0 Å². The lowest BCUT2D eigenvalue weighted by Gasteiger charge is -2.17. The van der Waals surface area contributed by atoms with Crippen LogP contribution in [0.4, 0.5) is 5.69 Å². The molecular weight excluding hydrogens is 301 g/mol. The van der Waals surface area contributed by atoms with Gasteiger partial charge in [-0.25, -0.2) is 4.79 Å². The molecule has 0 fully saturated rings. The van der Waals surface area contributed by atoms with Crippen LogP contribution in [0.15, 0.2) is 29.3 Å². The molecule has 2 N–H and O–H groups in total. The maximum absolute atomic E-state index is 12.2. The molecule has 0 bridgehead atoms. The van der Waals surface area contributed by atoms with E-state index in [2.05, 4.69) is 5.32 Å².